The number of urea groups is 1. The summed E-state index contributed by atoms with van der Waals surface area (Å²) in [5, 5.41) is 22.7. The predicted molar refractivity (Wildman–Crippen MR) is 62.3 cm³/mol. The van der Waals surface area contributed by atoms with Gasteiger partial charge >= 0.3 is 12.0 Å². The lowest BCUT2D eigenvalue weighted by Crippen LogP contribution is -2.50. The van der Waals surface area contributed by atoms with Crippen molar-refractivity contribution in [1.29, 1.82) is 0 Å². The van der Waals surface area contributed by atoms with Gasteiger partial charge in [0.1, 0.15) is 0 Å². The average molecular weight is 242 g/mol. The summed E-state index contributed by atoms with van der Waals surface area (Å²) in [5.41, 5.74) is -1.99. The van der Waals surface area contributed by atoms with E-state index in [4.69, 9.17) is 11.5 Å². The molecule has 96 valence electrons. The maximum atomic E-state index is 11.3. The van der Waals surface area contributed by atoms with Crippen LogP contribution in [0.15, 0.2) is 0 Å². The van der Waals surface area contributed by atoms with Crippen LogP contribution in [0.3, 0.4) is 0 Å². The van der Waals surface area contributed by atoms with Gasteiger partial charge in [0, 0.05) is 0 Å². The van der Waals surface area contributed by atoms with E-state index in [1.807, 2.05) is 6.92 Å². The molecule has 17 heavy (non-hydrogen) atoms. The molecule has 0 fully saturated rings. The minimum Gasteiger partial charge on any atom is -0.479 e. The minimum absolute atomic E-state index is 0.391. The summed E-state index contributed by atoms with van der Waals surface area (Å²) in [5.74, 6) is 1.00. The van der Waals surface area contributed by atoms with Crippen molar-refractivity contribution in [3.8, 4) is 12.3 Å². The average Bonchev–Trinajstić information content (AvgIpc) is 2.25. The number of nitrogens with one attached hydrogen (secondary N) is 2. The normalized spacial score (nSPS) is 15.2. The highest BCUT2D eigenvalue weighted by molar-refractivity contribution is 5.79. The van der Waals surface area contributed by atoms with Gasteiger partial charge in [-0.15, -0.1) is 6.42 Å². The first-order valence-corrected chi connectivity index (χ1v) is 5.29. The molecule has 2 amide bonds. The van der Waals surface area contributed by atoms with Crippen LogP contribution in [0.4, 0.5) is 4.79 Å². The van der Waals surface area contributed by atoms with Crippen LogP contribution >= 0.6 is 0 Å². The summed E-state index contributed by atoms with van der Waals surface area (Å²) in [6.45, 7) is 2.64. The van der Waals surface area contributed by atoms with Gasteiger partial charge in [-0.3, -0.25) is 0 Å². The molecule has 0 spiro atoms. The third-order valence-electron chi connectivity index (χ3n) is 2.14. The Labute approximate surface area is 100 Å². The Morgan fingerprint density at radius 2 is 2.12 bits per heavy atom. The van der Waals surface area contributed by atoms with Gasteiger partial charge in [-0.25, -0.2) is 9.59 Å². The van der Waals surface area contributed by atoms with E-state index in [0.717, 1.165) is 13.3 Å². The second-order valence-electron chi connectivity index (χ2n) is 3.91. The molecule has 0 rings (SSSR count). The molecule has 0 aromatic rings. The van der Waals surface area contributed by atoms with Crippen LogP contribution in [0.5, 0.6) is 0 Å². The van der Waals surface area contributed by atoms with Crippen LogP contribution in [0.1, 0.15) is 26.7 Å². The molecule has 0 bridgehead atoms. The molecular weight excluding hydrogens is 224 g/mol. The van der Waals surface area contributed by atoms with Crippen LogP contribution in [0.2, 0.25) is 0 Å². The van der Waals surface area contributed by atoms with E-state index in [2.05, 4.69) is 16.6 Å². The highest BCUT2D eigenvalue weighted by Gasteiger charge is 2.30. The van der Waals surface area contributed by atoms with Gasteiger partial charge in [-0.05, 0) is 13.3 Å². The van der Waals surface area contributed by atoms with Crippen molar-refractivity contribution in [2.75, 3.05) is 6.54 Å². The number of carbonyl (C=O) groups excluding carboxylic acids is 1. The molecule has 0 aromatic heterocycles. The van der Waals surface area contributed by atoms with Crippen molar-refractivity contribution in [1.82, 2.24) is 10.6 Å². The number of rotatable bonds is 6. The predicted octanol–water partition coefficient (Wildman–Crippen LogP) is -0.0769. The summed E-state index contributed by atoms with van der Waals surface area (Å²) in [4.78, 5) is 21.9. The summed E-state index contributed by atoms with van der Waals surface area (Å²) in [6.07, 6.45) is 6.66. The Bertz CT molecular complexity index is 320. The maximum absolute atomic E-state index is 11.3. The number of amides is 2. The SMILES string of the molecule is C#CC(CCC)NC(=O)NCC(C)(O)C(=O)O. The molecule has 0 radical (unpaired) electrons. The summed E-state index contributed by atoms with van der Waals surface area (Å²) < 4.78 is 0. The Kier molecular flexibility index (Phi) is 6.07. The Hall–Kier alpha value is -1.74. The summed E-state index contributed by atoms with van der Waals surface area (Å²) in [6, 6.07) is -0.988. The first-order valence-electron chi connectivity index (χ1n) is 5.29. The van der Waals surface area contributed by atoms with Gasteiger partial charge in [0.05, 0.1) is 12.6 Å². The molecule has 0 aliphatic carbocycles. The third kappa shape index (κ3) is 5.78. The quantitative estimate of drug-likeness (QED) is 0.490. The van der Waals surface area contributed by atoms with Crippen LogP contribution in [0, 0.1) is 12.3 Å². The van der Waals surface area contributed by atoms with Gasteiger partial charge in [0.15, 0.2) is 5.60 Å². The number of terminal acetylenes is 1. The topological polar surface area (TPSA) is 98.7 Å². The van der Waals surface area contributed by atoms with Crippen LogP contribution in [0.25, 0.3) is 0 Å². The molecule has 2 atom stereocenters. The monoisotopic (exact) mass is 242 g/mol. The molecule has 2 unspecified atom stereocenters. The van der Waals surface area contributed by atoms with E-state index in [0.29, 0.717) is 6.42 Å². The molecule has 0 aliphatic rings. The number of carbonyl (C=O) groups is 2. The van der Waals surface area contributed by atoms with Gasteiger partial charge in [0.2, 0.25) is 0 Å². The van der Waals surface area contributed by atoms with Crippen LogP contribution < -0.4 is 10.6 Å². The van der Waals surface area contributed by atoms with Crippen LogP contribution in [-0.2, 0) is 4.79 Å². The number of carboxylic acids is 1. The van der Waals surface area contributed by atoms with Crippen molar-refractivity contribution < 1.29 is 19.8 Å². The van der Waals surface area contributed by atoms with Crippen molar-refractivity contribution in [3.05, 3.63) is 0 Å². The lowest BCUT2D eigenvalue weighted by Gasteiger charge is -2.19. The Morgan fingerprint density at radius 3 is 2.53 bits per heavy atom. The van der Waals surface area contributed by atoms with Gasteiger partial charge in [-0.1, -0.05) is 19.3 Å². The lowest BCUT2D eigenvalue weighted by atomic mass is 10.1. The Balaban J connectivity index is 4.12. The van der Waals surface area contributed by atoms with Crippen LogP contribution in [-0.4, -0.2) is 40.4 Å². The molecule has 6 nitrogen and oxygen atoms in total. The Morgan fingerprint density at radius 1 is 1.53 bits per heavy atom. The first-order chi connectivity index (χ1) is 7.83. The molecule has 0 saturated carbocycles. The fourth-order valence-electron chi connectivity index (χ4n) is 1.02. The van der Waals surface area contributed by atoms with Gasteiger partial charge < -0.3 is 20.8 Å². The molecule has 6 heteroatoms. The van der Waals surface area contributed by atoms with Crippen molar-refractivity contribution in [2.45, 2.75) is 38.3 Å². The molecule has 0 heterocycles. The van der Waals surface area contributed by atoms with Crippen molar-refractivity contribution in [2.24, 2.45) is 0 Å². The highest BCUT2D eigenvalue weighted by Crippen LogP contribution is 2.00. The minimum atomic E-state index is -1.99. The number of aliphatic hydroxyl groups is 1. The first kappa shape index (κ1) is 15.3. The standard InChI is InChI=1S/C11H18N2O4/c1-4-6-8(5-2)13-10(16)12-7-11(3,17)9(14)15/h2,8,17H,4,6-7H2,1,3H3,(H,14,15)(H2,12,13,16). The number of hydrogen-bond acceptors (Lipinski definition) is 3. The molecule has 0 aliphatic heterocycles. The second-order valence-corrected chi connectivity index (χ2v) is 3.91. The highest BCUT2D eigenvalue weighted by atomic mass is 16.4. The summed E-state index contributed by atoms with van der Waals surface area (Å²) in [7, 11) is 0. The zero-order valence-corrected chi connectivity index (χ0v) is 9.99. The van der Waals surface area contributed by atoms with Crippen molar-refractivity contribution >= 4 is 12.0 Å². The van der Waals surface area contributed by atoms with E-state index < -0.39 is 30.2 Å². The van der Waals surface area contributed by atoms with E-state index in [9.17, 15) is 14.7 Å². The number of carboxylic acid groups (broad SMARTS) is 1. The molecule has 0 saturated heterocycles. The van der Waals surface area contributed by atoms with Gasteiger partial charge in [-0.2, -0.15) is 0 Å². The van der Waals surface area contributed by atoms with E-state index >= 15 is 0 Å². The summed E-state index contributed by atoms with van der Waals surface area (Å²) >= 11 is 0. The van der Waals surface area contributed by atoms with E-state index in [1.165, 1.54) is 0 Å². The van der Waals surface area contributed by atoms with Crippen molar-refractivity contribution in [3.63, 3.8) is 0 Å². The lowest BCUT2D eigenvalue weighted by molar-refractivity contribution is -0.155. The van der Waals surface area contributed by atoms with Gasteiger partial charge in [0.25, 0.3) is 0 Å². The molecule has 4 N–H and O–H groups in total. The van der Waals surface area contributed by atoms with E-state index in [-0.39, 0.29) is 0 Å². The largest absolute Gasteiger partial charge is 0.479 e. The fourth-order valence-corrected chi connectivity index (χ4v) is 1.02. The van der Waals surface area contributed by atoms with E-state index in [1.54, 1.807) is 0 Å². The third-order valence-corrected chi connectivity index (χ3v) is 2.14. The molecule has 0 aromatic carbocycles. The smallest absolute Gasteiger partial charge is 0.337 e. The second kappa shape index (κ2) is 6.76. The fraction of sp³-hybridized carbons (Fsp3) is 0.636. The zero-order valence-electron chi connectivity index (χ0n) is 9.99. The molecular formula is C11H18N2O4. The number of aliphatic carboxylic acids is 1. The number of hydrogen-bond donors (Lipinski definition) is 4. The zero-order chi connectivity index (χ0) is 13.5. The maximum Gasteiger partial charge on any atom is 0.337 e.